The molecule has 3 saturated heterocycles. The highest BCUT2D eigenvalue weighted by molar-refractivity contribution is 5.72. The normalized spacial score (nSPS) is 38.3. The fourth-order valence-corrected chi connectivity index (χ4v) is 6.42. The second-order valence-corrected chi connectivity index (χ2v) is 10.4. The minimum Gasteiger partial charge on any atom is -0.453 e. The number of carbonyl (C=O) groups is 2. The molecule has 9 heteroatoms. The second-order valence-electron chi connectivity index (χ2n) is 10.4. The Labute approximate surface area is 191 Å². The van der Waals surface area contributed by atoms with Gasteiger partial charge in [0.25, 0.3) is 0 Å². The first-order valence-corrected chi connectivity index (χ1v) is 12.6. The molecule has 5 fully saturated rings. The van der Waals surface area contributed by atoms with Crippen molar-refractivity contribution < 1.29 is 19.1 Å². The Morgan fingerprint density at radius 3 is 2.50 bits per heavy atom. The minimum atomic E-state index is -0.282. The lowest BCUT2D eigenvalue weighted by Gasteiger charge is -2.53. The van der Waals surface area contributed by atoms with E-state index in [1.807, 2.05) is 16.7 Å². The predicted molar refractivity (Wildman–Crippen MR) is 119 cm³/mol. The fourth-order valence-electron chi connectivity index (χ4n) is 6.42. The third kappa shape index (κ3) is 4.43. The Bertz CT molecular complexity index is 698. The number of fused-ring (bicyclic) bond motifs is 1. The van der Waals surface area contributed by atoms with Gasteiger partial charge in [0, 0.05) is 25.7 Å². The van der Waals surface area contributed by atoms with E-state index in [4.69, 9.17) is 9.47 Å². The van der Waals surface area contributed by atoms with Gasteiger partial charge in [-0.05, 0) is 76.7 Å². The van der Waals surface area contributed by atoms with Crippen molar-refractivity contribution in [2.24, 2.45) is 11.8 Å². The molecule has 0 aromatic rings. The molecule has 9 nitrogen and oxygen atoms in total. The van der Waals surface area contributed by atoms with Crippen molar-refractivity contribution in [1.82, 2.24) is 25.6 Å². The van der Waals surface area contributed by atoms with Gasteiger partial charge >= 0.3 is 12.2 Å². The lowest BCUT2D eigenvalue weighted by Crippen LogP contribution is -2.67. The number of hydrogen-bond acceptors (Lipinski definition) is 7. The SMILES string of the molecule is COC(=O)N1C2CCC(C3CNN(C4CC4)C3)CC2N(C(=O)OC2CCCCN2)C[C@@H]1C. The zero-order valence-electron chi connectivity index (χ0n) is 19.5. The Morgan fingerprint density at radius 1 is 0.938 bits per heavy atom. The van der Waals surface area contributed by atoms with Crippen LogP contribution in [0.1, 0.15) is 58.3 Å². The van der Waals surface area contributed by atoms with Crippen LogP contribution in [0.15, 0.2) is 0 Å². The lowest BCUT2D eigenvalue weighted by atomic mass is 9.73. The number of amides is 2. The highest BCUT2D eigenvalue weighted by Crippen LogP contribution is 2.41. The van der Waals surface area contributed by atoms with Gasteiger partial charge in [0.1, 0.15) is 0 Å². The van der Waals surface area contributed by atoms with Crippen molar-refractivity contribution in [3.05, 3.63) is 0 Å². The van der Waals surface area contributed by atoms with E-state index in [-0.39, 0.29) is 36.5 Å². The lowest BCUT2D eigenvalue weighted by molar-refractivity contribution is -0.0513. The topological polar surface area (TPSA) is 86.4 Å². The first kappa shape index (κ1) is 22.2. The Hall–Kier alpha value is -1.58. The summed E-state index contributed by atoms with van der Waals surface area (Å²) in [6.45, 7) is 5.51. The number of carbonyl (C=O) groups excluding carboxylic acids is 2. The molecule has 2 saturated carbocycles. The van der Waals surface area contributed by atoms with Crippen LogP contribution in [0.4, 0.5) is 9.59 Å². The van der Waals surface area contributed by atoms with Crippen LogP contribution in [0.3, 0.4) is 0 Å². The first-order valence-electron chi connectivity index (χ1n) is 12.6. The van der Waals surface area contributed by atoms with E-state index in [1.54, 1.807) is 0 Å². The van der Waals surface area contributed by atoms with Gasteiger partial charge in [0.2, 0.25) is 0 Å². The molecular formula is C23H39N5O4. The third-order valence-corrected chi connectivity index (χ3v) is 8.29. The van der Waals surface area contributed by atoms with Gasteiger partial charge in [-0.3, -0.25) is 15.6 Å². The highest BCUT2D eigenvalue weighted by atomic mass is 16.6. The van der Waals surface area contributed by atoms with E-state index < -0.39 is 0 Å². The quantitative estimate of drug-likeness (QED) is 0.683. The summed E-state index contributed by atoms with van der Waals surface area (Å²) in [5.41, 5.74) is 3.60. The zero-order valence-corrected chi connectivity index (χ0v) is 19.5. The number of methoxy groups -OCH3 is 1. The molecule has 3 heterocycles. The third-order valence-electron chi connectivity index (χ3n) is 8.29. The molecule has 2 aliphatic carbocycles. The molecule has 6 atom stereocenters. The summed E-state index contributed by atoms with van der Waals surface area (Å²) in [4.78, 5) is 29.7. The Balaban J connectivity index is 1.30. The number of piperazine rings is 1. The van der Waals surface area contributed by atoms with Crippen LogP contribution >= 0.6 is 0 Å². The molecule has 180 valence electrons. The van der Waals surface area contributed by atoms with Crippen molar-refractivity contribution in [3.8, 4) is 0 Å². The number of hydrazine groups is 1. The summed E-state index contributed by atoms with van der Waals surface area (Å²) >= 11 is 0. The molecule has 3 aliphatic heterocycles. The van der Waals surface area contributed by atoms with Gasteiger partial charge in [0.15, 0.2) is 6.23 Å². The monoisotopic (exact) mass is 449 g/mol. The smallest absolute Gasteiger partial charge is 0.411 e. The molecule has 0 radical (unpaired) electrons. The van der Waals surface area contributed by atoms with Gasteiger partial charge in [0.05, 0.1) is 25.2 Å². The molecule has 2 N–H and O–H groups in total. The molecule has 32 heavy (non-hydrogen) atoms. The first-order chi connectivity index (χ1) is 15.5. The summed E-state index contributed by atoms with van der Waals surface area (Å²) < 4.78 is 11.0. The van der Waals surface area contributed by atoms with Gasteiger partial charge in [-0.2, -0.15) is 0 Å². The van der Waals surface area contributed by atoms with Crippen LogP contribution < -0.4 is 10.7 Å². The van der Waals surface area contributed by atoms with Gasteiger partial charge in [-0.25, -0.2) is 14.6 Å². The standard InChI is InChI=1S/C23H39N5O4/c1-15-13-26(22(29)32-21-5-3-4-10-24-21)20-11-16(6-9-19(20)28(15)23(30)31-2)17-12-25-27(14-17)18-7-8-18/h15-21,24-25H,3-14H2,1-2H3/t15-,16?,17?,19?,20?,21?/m0/s1. The van der Waals surface area contributed by atoms with Gasteiger partial charge < -0.3 is 14.4 Å². The molecular weight excluding hydrogens is 410 g/mol. The summed E-state index contributed by atoms with van der Waals surface area (Å²) in [5, 5.41) is 5.75. The van der Waals surface area contributed by atoms with Crippen LogP contribution in [0.25, 0.3) is 0 Å². The maximum absolute atomic E-state index is 13.3. The molecule has 0 aromatic heterocycles. The van der Waals surface area contributed by atoms with Crippen molar-refractivity contribution in [2.75, 3.05) is 33.3 Å². The number of nitrogens with zero attached hydrogens (tertiary/aromatic N) is 3. The largest absolute Gasteiger partial charge is 0.453 e. The van der Waals surface area contributed by atoms with E-state index >= 15 is 0 Å². The van der Waals surface area contributed by atoms with Crippen molar-refractivity contribution in [1.29, 1.82) is 0 Å². The molecule has 0 bridgehead atoms. The van der Waals surface area contributed by atoms with E-state index in [1.165, 1.54) is 20.0 Å². The molecule has 0 aromatic carbocycles. The van der Waals surface area contributed by atoms with Gasteiger partial charge in [-0.15, -0.1) is 0 Å². The van der Waals surface area contributed by atoms with Crippen LogP contribution in [-0.4, -0.2) is 90.7 Å². The molecule has 5 aliphatic rings. The summed E-state index contributed by atoms with van der Waals surface area (Å²) in [7, 11) is 1.45. The summed E-state index contributed by atoms with van der Waals surface area (Å²) in [6.07, 6.45) is 7.87. The van der Waals surface area contributed by atoms with Crippen LogP contribution in [0, 0.1) is 11.8 Å². The minimum absolute atomic E-state index is 0.0109. The van der Waals surface area contributed by atoms with Crippen molar-refractivity contribution in [3.63, 3.8) is 0 Å². The fraction of sp³-hybridized carbons (Fsp3) is 0.913. The highest BCUT2D eigenvalue weighted by Gasteiger charge is 2.50. The number of rotatable bonds is 3. The number of ether oxygens (including phenoxy) is 2. The second kappa shape index (κ2) is 9.35. The van der Waals surface area contributed by atoms with E-state index in [9.17, 15) is 9.59 Å². The average molecular weight is 450 g/mol. The van der Waals surface area contributed by atoms with Crippen molar-refractivity contribution >= 4 is 12.2 Å². The Morgan fingerprint density at radius 2 is 1.78 bits per heavy atom. The average Bonchev–Trinajstić information content (AvgIpc) is 3.55. The van der Waals surface area contributed by atoms with E-state index in [0.717, 1.165) is 64.2 Å². The van der Waals surface area contributed by atoms with Crippen LogP contribution in [-0.2, 0) is 9.47 Å². The number of hydrogen-bond donors (Lipinski definition) is 2. The maximum atomic E-state index is 13.3. The summed E-state index contributed by atoms with van der Waals surface area (Å²) in [6, 6.07) is 0.597. The Kier molecular flexibility index (Phi) is 6.49. The molecule has 5 unspecified atom stereocenters. The number of piperidine rings is 1. The van der Waals surface area contributed by atoms with Gasteiger partial charge in [-0.1, -0.05) is 0 Å². The molecule has 2 amide bonds. The zero-order chi connectivity index (χ0) is 22.2. The van der Waals surface area contributed by atoms with Crippen molar-refractivity contribution in [2.45, 2.75) is 88.7 Å². The maximum Gasteiger partial charge on any atom is 0.411 e. The number of nitrogens with one attached hydrogen (secondary N) is 2. The molecule has 5 rings (SSSR count). The van der Waals surface area contributed by atoms with Crippen LogP contribution in [0.5, 0.6) is 0 Å². The van der Waals surface area contributed by atoms with E-state index in [2.05, 4.69) is 15.8 Å². The van der Waals surface area contributed by atoms with Crippen LogP contribution in [0.2, 0.25) is 0 Å². The van der Waals surface area contributed by atoms with E-state index in [0.29, 0.717) is 18.4 Å². The predicted octanol–water partition coefficient (Wildman–Crippen LogP) is 2.13. The molecule has 0 spiro atoms. The summed E-state index contributed by atoms with van der Waals surface area (Å²) in [5.74, 6) is 1.14.